The topological polar surface area (TPSA) is 77.3 Å². The number of para-hydroxylation sites is 2. The summed E-state index contributed by atoms with van der Waals surface area (Å²) in [7, 11) is 1.70. The average Bonchev–Trinajstić information content (AvgIpc) is 2.98. The van der Waals surface area contributed by atoms with Gasteiger partial charge >= 0.3 is 5.97 Å². The predicted octanol–water partition coefficient (Wildman–Crippen LogP) is 2.66. The smallest absolute Gasteiger partial charge is 0.326 e. The van der Waals surface area contributed by atoms with E-state index in [1.807, 2.05) is 38.1 Å². The van der Waals surface area contributed by atoms with Crippen LogP contribution in [0.2, 0.25) is 0 Å². The monoisotopic (exact) mass is 366 g/mol. The average molecular weight is 366 g/mol. The fraction of sp³-hybridized carbons (Fsp3) is 0.300. The van der Waals surface area contributed by atoms with E-state index in [1.54, 1.807) is 34.8 Å². The first-order valence-electron chi connectivity index (χ1n) is 8.75. The van der Waals surface area contributed by atoms with Crippen molar-refractivity contribution in [3.05, 3.63) is 60.2 Å². The van der Waals surface area contributed by atoms with Gasteiger partial charge in [0.25, 0.3) is 5.91 Å². The maximum absolute atomic E-state index is 12.6. The molecule has 0 unspecified atom stereocenters. The number of imidazole rings is 1. The Kier molecular flexibility index (Phi) is 5.49. The summed E-state index contributed by atoms with van der Waals surface area (Å²) in [5, 5.41) is 0. The van der Waals surface area contributed by atoms with Crippen LogP contribution < -0.4 is 0 Å². The first-order chi connectivity index (χ1) is 13.0. The third kappa shape index (κ3) is 4.31. The van der Waals surface area contributed by atoms with Gasteiger partial charge in [-0.25, -0.2) is 4.98 Å². The summed E-state index contributed by atoms with van der Waals surface area (Å²) in [6.45, 7) is 3.93. The number of ether oxygens (including phenoxy) is 1. The van der Waals surface area contributed by atoms with Crippen molar-refractivity contribution >= 4 is 22.9 Å². The Morgan fingerprint density at radius 1 is 1.19 bits per heavy atom. The number of esters is 1. The Bertz CT molecular complexity index is 950. The molecular weight excluding hydrogens is 344 g/mol. The Balaban J connectivity index is 1.88. The first kappa shape index (κ1) is 18.6. The van der Waals surface area contributed by atoms with Gasteiger partial charge in [-0.1, -0.05) is 12.1 Å². The molecule has 0 N–H and O–H groups in total. The predicted molar refractivity (Wildman–Crippen MR) is 101 cm³/mol. The van der Waals surface area contributed by atoms with Crippen LogP contribution in [0.15, 0.2) is 48.8 Å². The number of pyridine rings is 1. The molecule has 1 amide bonds. The molecule has 2 aromatic heterocycles. The molecule has 3 rings (SSSR count). The minimum Gasteiger partial charge on any atom is -0.462 e. The molecule has 0 saturated carbocycles. The van der Waals surface area contributed by atoms with Gasteiger partial charge in [0.15, 0.2) is 0 Å². The summed E-state index contributed by atoms with van der Waals surface area (Å²) in [5.41, 5.74) is 2.10. The van der Waals surface area contributed by atoms with E-state index in [-0.39, 0.29) is 31.1 Å². The zero-order valence-corrected chi connectivity index (χ0v) is 15.6. The molecule has 0 atom stereocenters. The number of carbonyl (C=O) groups is 2. The van der Waals surface area contributed by atoms with E-state index in [2.05, 4.69) is 9.97 Å². The van der Waals surface area contributed by atoms with Crippen molar-refractivity contribution in [1.29, 1.82) is 0 Å². The molecule has 0 saturated heterocycles. The van der Waals surface area contributed by atoms with Gasteiger partial charge in [-0.15, -0.1) is 0 Å². The lowest BCUT2D eigenvalue weighted by atomic mass is 10.2. The van der Waals surface area contributed by atoms with Crippen LogP contribution in [0, 0.1) is 0 Å². The summed E-state index contributed by atoms with van der Waals surface area (Å²) >= 11 is 0. The van der Waals surface area contributed by atoms with Gasteiger partial charge in [0.05, 0.1) is 29.2 Å². The molecule has 140 valence electrons. The van der Waals surface area contributed by atoms with Crippen molar-refractivity contribution in [3.8, 4) is 0 Å². The Morgan fingerprint density at radius 3 is 2.67 bits per heavy atom. The molecule has 0 aliphatic rings. The standard InChI is InChI=1S/C20H22N4O3/c1-14(2)27-19(25)13-24-17-9-5-4-8-16(17)22-18(24)12-23(3)20(26)15-7-6-10-21-11-15/h4-11,14H,12-13H2,1-3H3. The fourth-order valence-corrected chi connectivity index (χ4v) is 2.85. The SMILES string of the molecule is CC(C)OC(=O)Cn1c(CN(C)C(=O)c2cccnc2)nc2ccccc21. The van der Waals surface area contributed by atoms with Crippen LogP contribution in [0.3, 0.4) is 0 Å². The van der Waals surface area contributed by atoms with E-state index in [9.17, 15) is 9.59 Å². The number of nitrogens with zero attached hydrogens (tertiary/aromatic N) is 4. The minimum absolute atomic E-state index is 0.0446. The zero-order chi connectivity index (χ0) is 19.4. The zero-order valence-electron chi connectivity index (χ0n) is 15.6. The molecule has 3 aromatic rings. The summed E-state index contributed by atoms with van der Waals surface area (Å²) in [4.78, 5) is 34.9. The quantitative estimate of drug-likeness (QED) is 0.627. The van der Waals surface area contributed by atoms with E-state index in [0.717, 1.165) is 11.0 Å². The third-order valence-electron chi connectivity index (χ3n) is 4.02. The highest BCUT2D eigenvalue weighted by molar-refractivity contribution is 5.93. The lowest BCUT2D eigenvalue weighted by Gasteiger charge is -2.18. The first-order valence-corrected chi connectivity index (χ1v) is 8.75. The molecule has 2 heterocycles. The summed E-state index contributed by atoms with van der Waals surface area (Å²) < 4.78 is 7.07. The van der Waals surface area contributed by atoms with Gasteiger partial charge in [0, 0.05) is 19.4 Å². The van der Waals surface area contributed by atoms with Crippen LogP contribution in [-0.4, -0.2) is 44.5 Å². The maximum atomic E-state index is 12.6. The van der Waals surface area contributed by atoms with Crippen LogP contribution in [0.4, 0.5) is 0 Å². The van der Waals surface area contributed by atoms with E-state index >= 15 is 0 Å². The second-order valence-corrected chi connectivity index (χ2v) is 6.54. The number of benzene rings is 1. The number of aromatic nitrogens is 3. The number of hydrogen-bond acceptors (Lipinski definition) is 5. The van der Waals surface area contributed by atoms with E-state index < -0.39 is 0 Å². The molecule has 1 aromatic carbocycles. The molecule has 0 aliphatic heterocycles. The van der Waals surface area contributed by atoms with Gasteiger partial charge in [0.2, 0.25) is 0 Å². The molecule has 0 fully saturated rings. The largest absolute Gasteiger partial charge is 0.462 e. The molecule has 0 bridgehead atoms. The summed E-state index contributed by atoms with van der Waals surface area (Å²) in [6, 6.07) is 11.0. The summed E-state index contributed by atoms with van der Waals surface area (Å²) in [5.74, 6) is 0.124. The van der Waals surface area contributed by atoms with Gasteiger partial charge < -0.3 is 14.2 Å². The van der Waals surface area contributed by atoms with Crippen molar-refractivity contribution < 1.29 is 14.3 Å². The number of amides is 1. The van der Waals surface area contributed by atoms with Gasteiger partial charge in [0.1, 0.15) is 12.4 Å². The highest BCUT2D eigenvalue weighted by atomic mass is 16.5. The van der Waals surface area contributed by atoms with Crippen LogP contribution in [-0.2, 0) is 22.6 Å². The number of rotatable bonds is 6. The minimum atomic E-state index is -0.337. The molecular formula is C20H22N4O3. The Labute approximate surface area is 157 Å². The second kappa shape index (κ2) is 7.99. The fourth-order valence-electron chi connectivity index (χ4n) is 2.85. The molecule has 7 heteroatoms. The summed E-state index contributed by atoms with van der Waals surface area (Å²) in [6.07, 6.45) is 2.96. The van der Waals surface area contributed by atoms with Gasteiger partial charge in [-0.05, 0) is 38.1 Å². The lowest BCUT2D eigenvalue weighted by molar-refractivity contribution is -0.148. The normalized spacial score (nSPS) is 11.0. The van der Waals surface area contributed by atoms with Gasteiger partial charge in [-0.3, -0.25) is 14.6 Å². The molecule has 0 aliphatic carbocycles. The van der Waals surface area contributed by atoms with Crippen molar-refractivity contribution in [2.75, 3.05) is 7.05 Å². The Hall–Kier alpha value is -3.22. The van der Waals surface area contributed by atoms with E-state index in [4.69, 9.17) is 4.74 Å². The Morgan fingerprint density at radius 2 is 1.96 bits per heavy atom. The van der Waals surface area contributed by atoms with E-state index in [0.29, 0.717) is 11.4 Å². The van der Waals surface area contributed by atoms with E-state index in [1.165, 1.54) is 6.20 Å². The van der Waals surface area contributed by atoms with Crippen molar-refractivity contribution in [2.45, 2.75) is 33.0 Å². The molecule has 27 heavy (non-hydrogen) atoms. The molecule has 7 nitrogen and oxygen atoms in total. The highest BCUT2D eigenvalue weighted by Crippen LogP contribution is 2.18. The highest BCUT2D eigenvalue weighted by Gasteiger charge is 2.19. The van der Waals surface area contributed by atoms with Gasteiger partial charge in [-0.2, -0.15) is 0 Å². The molecule has 0 spiro atoms. The van der Waals surface area contributed by atoms with Crippen molar-refractivity contribution in [1.82, 2.24) is 19.4 Å². The van der Waals surface area contributed by atoms with Crippen LogP contribution >= 0.6 is 0 Å². The number of carbonyl (C=O) groups excluding carboxylic acids is 2. The van der Waals surface area contributed by atoms with Crippen molar-refractivity contribution in [3.63, 3.8) is 0 Å². The number of fused-ring (bicyclic) bond motifs is 1. The lowest BCUT2D eigenvalue weighted by Crippen LogP contribution is -2.28. The van der Waals surface area contributed by atoms with Crippen LogP contribution in [0.5, 0.6) is 0 Å². The van der Waals surface area contributed by atoms with Crippen LogP contribution in [0.1, 0.15) is 30.0 Å². The van der Waals surface area contributed by atoms with Crippen molar-refractivity contribution in [2.24, 2.45) is 0 Å². The maximum Gasteiger partial charge on any atom is 0.326 e. The second-order valence-electron chi connectivity index (χ2n) is 6.54. The molecule has 0 radical (unpaired) electrons. The number of hydrogen-bond donors (Lipinski definition) is 0. The van der Waals surface area contributed by atoms with Crippen LogP contribution in [0.25, 0.3) is 11.0 Å². The third-order valence-corrected chi connectivity index (χ3v) is 4.02.